The lowest BCUT2D eigenvalue weighted by Crippen LogP contribution is -2.28. The average molecular weight is 503 g/mol. The molecule has 0 bridgehead atoms. The van der Waals surface area contributed by atoms with Crippen molar-refractivity contribution < 1.29 is 0 Å². The van der Waals surface area contributed by atoms with Gasteiger partial charge in [0.1, 0.15) is 0 Å². The van der Waals surface area contributed by atoms with Crippen molar-refractivity contribution in [2.75, 3.05) is 0 Å². The Morgan fingerprint density at radius 3 is 1.86 bits per heavy atom. The Hall–Kier alpha value is -1.30. The highest BCUT2D eigenvalue weighted by Gasteiger charge is 2.33. The molecule has 2 fully saturated rings. The van der Waals surface area contributed by atoms with Gasteiger partial charge in [0.25, 0.3) is 0 Å². The molecule has 2 unspecified atom stereocenters. The summed E-state index contributed by atoms with van der Waals surface area (Å²) in [4.78, 5) is 0. The molecule has 0 nitrogen and oxygen atoms in total. The van der Waals surface area contributed by atoms with E-state index in [1.807, 2.05) is 0 Å². The van der Waals surface area contributed by atoms with Gasteiger partial charge in [0.15, 0.2) is 0 Å². The van der Waals surface area contributed by atoms with Crippen LogP contribution < -0.4 is 0 Å². The fourth-order valence-corrected chi connectivity index (χ4v) is 7.84. The topological polar surface area (TPSA) is 0 Å². The normalized spacial score (nSPS) is 30.6. The second-order valence-corrected chi connectivity index (χ2v) is 13.1. The van der Waals surface area contributed by atoms with E-state index in [-0.39, 0.29) is 0 Å². The zero-order valence-corrected chi connectivity index (χ0v) is 24.5. The minimum absolute atomic E-state index is 0.849. The highest BCUT2D eigenvalue weighted by atomic mass is 14.4. The summed E-state index contributed by atoms with van der Waals surface area (Å²) in [5, 5.41) is 0. The molecule has 0 heterocycles. The summed E-state index contributed by atoms with van der Waals surface area (Å²) in [7, 11) is 0. The van der Waals surface area contributed by atoms with Crippen LogP contribution in [0.5, 0.6) is 0 Å². The van der Waals surface area contributed by atoms with Crippen molar-refractivity contribution in [1.82, 2.24) is 0 Å². The van der Waals surface area contributed by atoms with Gasteiger partial charge in [0.05, 0.1) is 0 Å². The summed E-state index contributed by atoms with van der Waals surface area (Å²) in [5.41, 5.74) is 3.02. The smallest absolute Gasteiger partial charge is 0.0205 e. The van der Waals surface area contributed by atoms with E-state index in [4.69, 9.17) is 0 Å². The van der Waals surface area contributed by atoms with E-state index in [2.05, 4.69) is 62.4 Å². The Kier molecular flexibility index (Phi) is 12.4. The third-order valence-electron chi connectivity index (χ3n) is 10.4. The summed E-state index contributed by atoms with van der Waals surface area (Å²) in [5.74, 6) is 5.71. The minimum Gasteiger partial charge on any atom is -0.0879 e. The van der Waals surface area contributed by atoms with Crippen LogP contribution in [0.1, 0.15) is 134 Å². The first-order valence-electron chi connectivity index (χ1n) is 16.7. The SMILES string of the molecule is CCCCCc1ccc(CC/C=C/C2CCC(C3CCC(C4C=CC(CCCC)CC4)CC3)CC2)cc1. The van der Waals surface area contributed by atoms with Crippen LogP contribution in [0.4, 0.5) is 0 Å². The van der Waals surface area contributed by atoms with Crippen LogP contribution in [0.3, 0.4) is 0 Å². The molecule has 0 aromatic heterocycles. The van der Waals surface area contributed by atoms with E-state index < -0.39 is 0 Å². The minimum atomic E-state index is 0.849. The van der Waals surface area contributed by atoms with Gasteiger partial charge in [-0.15, -0.1) is 0 Å². The van der Waals surface area contributed by atoms with Gasteiger partial charge in [-0.25, -0.2) is 0 Å². The summed E-state index contributed by atoms with van der Waals surface area (Å²) < 4.78 is 0. The Morgan fingerprint density at radius 2 is 1.24 bits per heavy atom. The van der Waals surface area contributed by atoms with Gasteiger partial charge in [-0.3, -0.25) is 0 Å². The molecular weight excluding hydrogens is 444 g/mol. The van der Waals surface area contributed by atoms with Crippen molar-refractivity contribution in [3.05, 3.63) is 59.7 Å². The maximum atomic E-state index is 2.65. The van der Waals surface area contributed by atoms with Gasteiger partial charge >= 0.3 is 0 Å². The largest absolute Gasteiger partial charge is 0.0879 e. The van der Waals surface area contributed by atoms with Crippen LogP contribution in [0.2, 0.25) is 0 Å². The highest BCUT2D eigenvalue weighted by Crippen LogP contribution is 2.45. The summed E-state index contributed by atoms with van der Waals surface area (Å²) in [6.45, 7) is 4.61. The van der Waals surface area contributed by atoms with Gasteiger partial charge in [-0.2, -0.15) is 0 Å². The van der Waals surface area contributed by atoms with Crippen LogP contribution in [-0.2, 0) is 12.8 Å². The molecule has 0 saturated heterocycles. The number of aryl methyl sites for hydroxylation is 2. The first-order valence-corrected chi connectivity index (χ1v) is 16.7. The van der Waals surface area contributed by atoms with Crippen molar-refractivity contribution in [1.29, 1.82) is 0 Å². The zero-order valence-electron chi connectivity index (χ0n) is 24.5. The third kappa shape index (κ3) is 9.44. The van der Waals surface area contributed by atoms with E-state index >= 15 is 0 Å². The molecular formula is C37H58. The van der Waals surface area contributed by atoms with Crippen LogP contribution >= 0.6 is 0 Å². The third-order valence-corrected chi connectivity index (χ3v) is 10.4. The Morgan fingerprint density at radius 1 is 0.622 bits per heavy atom. The Bertz CT molecular complexity index is 782. The van der Waals surface area contributed by atoms with Crippen molar-refractivity contribution >= 4 is 0 Å². The molecule has 2 saturated carbocycles. The standard InChI is InChI=1S/C37H58/c1-3-5-7-11-31-14-16-32(17-15-31)12-8-9-13-33-20-24-35(25-21-33)37-28-26-36(27-29-37)34-22-18-30(19-23-34)10-6-4-2/h9,13-18,22,30,33-37H,3-8,10-12,19-21,23-29H2,1-2H3/b13-9+. The zero-order chi connectivity index (χ0) is 25.7. The quantitative estimate of drug-likeness (QED) is 0.186. The number of hydrogen-bond donors (Lipinski definition) is 0. The second-order valence-electron chi connectivity index (χ2n) is 13.1. The number of rotatable bonds is 13. The molecule has 2 atom stereocenters. The lowest BCUT2D eigenvalue weighted by atomic mass is 9.66. The molecule has 3 aliphatic rings. The molecule has 1 aromatic rings. The fourth-order valence-electron chi connectivity index (χ4n) is 7.84. The molecule has 0 spiro atoms. The van der Waals surface area contributed by atoms with Crippen LogP contribution in [0, 0.1) is 35.5 Å². The molecule has 0 N–H and O–H groups in total. The lowest BCUT2D eigenvalue weighted by molar-refractivity contribution is 0.136. The van der Waals surface area contributed by atoms with Crippen molar-refractivity contribution in [3.8, 4) is 0 Å². The van der Waals surface area contributed by atoms with E-state index in [0.29, 0.717) is 0 Å². The summed E-state index contributed by atoms with van der Waals surface area (Å²) in [6, 6.07) is 9.45. The van der Waals surface area contributed by atoms with Gasteiger partial charge in [0.2, 0.25) is 0 Å². The second kappa shape index (κ2) is 16.0. The molecule has 0 amide bonds. The van der Waals surface area contributed by atoms with Crippen molar-refractivity contribution in [2.45, 2.75) is 136 Å². The first-order chi connectivity index (χ1) is 18.2. The monoisotopic (exact) mass is 502 g/mol. The first kappa shape index (κ1) is 28.7. The maximum Gasteiger partial charge on any atom is -0.0205 e. The van der Waals surface area contributed by atoms with E-state index in [0.717, 1.165) is 35.5 Å². The molecule has 1 aromatic carbocycles. The molecule has 0 radical (unpaired) electrons. The average Bonchev–Trinajstić information content (AvgIpc) is 2.96. The molecule has 0 heteroatoms. The Balaban J connectivity index is 1.09. The molecule has 206 valence electrons. The molecule has 3 aliphatic carbocycles. The predicted octanol–water partition coefficient (Wildman–Crippen LogP) is 11.3. The van der Waals surface area contributed by atoms with Crippen LogP contribution in [0.15, 0.2) is 48.6 Å². The lowest BCUT2D eigenvalue weighted by Gasteiger charge is -2.40. The Labute approximate surface area is 230 Å². The summed E-state index contributed by atoms with van der Waals surface area (Å²) in [6.07, 6.45) is 37.0. The highest BCUT2D eigenvalue weighted by molar-refractivity contribution is 5.23. The van der Waals surface area contributed by atoms with Crippen molar-refractivity contribution in [3.63, 3.8) is 0 Å². The number of hydrogen-bond acceptors (Lipinski definition) is 0. The summed E-state index contributed by atoms with van der Waals surface area (Å²) >= 11 is 0. The van der Waals surface area contributed by atoms with E-state index in [1.54, 1.807) is 0 Å². The van der Waals surface area contributed by atoms with Gasteiger partial charge < -0.3 is 0 Å². The van der Waals surface area contributed by atoms with Gasteiger partial charge in [0, 0.05) is 0 Å². The van der Waals surface area contributed by atoms with Crippen LogP contribution in [-0.4, -0.2) is 0 Å². The van der Waals surface area contributed by atoms with Crippen LogP contribution in [0.25, 0.3) is 0 Å². The molecule has 0 aliphatic heterocycles. The van der Waals surface area contributed by atoms with E-state index in [1.165, 1.54) is 133 Å². The number of unbranched alkanes of at least 4 members (excludes halogenated alkanes) is 3. The van der Waals surface area contributed by atoms with E-state index in [9.17, 15) is 0 Å². The predicted molar refractivity (Wildman–Crippen MR) is 163 cm³/mol. The van der Waals surface area contributed by atoms with Crippen molar-refractivity contribution in [2.24, 2.45) is 35.5 Å². The number of benzene rings is 1. The number of allylic oxidation sites excluding steroid dienone is 4. The van der Waals surface area contributed by atoms with Gasteiger partial charge in [-0.05, 0) is 143 Å². The maximum absolute atomic E-state index is 2.65. The molecule has 4 rings (SSSR count). The fraction of sp³-hybridized carbons (Fsp3) is 0.730. The van der Waals surface area contributed by atoms with Gasteiger partial charge in [-0.1, -0.05) is 88.1 Å². The molecule has 37 heavy (non-hydrogen) atoms.